The van der Waals surface area contributed by atoms with E-state index in [9.17, 15) is 14.4 Å². The molecule has 0 radical (unpaired) electrons. The fourth-order valence-electron chi connectivity index (χ4n) is 6.08. The van der Waals surface area contributed by atoms with Gasteiger partial charge in [0, 0.05) is 35.7 Å². The lowest BCUT2D eigenvalue weighted by Crippen LogP contribution is -2.68. The van der Waals surface area contributed by atoms with Crippen molar-refractivity contribution >= 4 is 57.5 Å². The van der Waals surface area contributed by atoms with E-state index in [4.69, 9.17) is 23.2 Å². The van der Waals surface area contributed by atoms with Crippen molar-refractivity contribution in [2.24, 2.45) is 5.41 Å². The summed E-state index contributed by atoms with van der Waals surface area (Å²) < 4.78 is 0. The third-order valence-corrected chi connectivity index (χ3v) is 8.19. The van der Waals surface area contributed by atoms with Gasteiger partial charge in [0.05, 0.1) is 6.04 Å². The molecule has 0 bridgehead atoms. The van der Waals surface area contributed by atoms with Crippen LogP contribution >= 0.6 is 23.2 Å². The second-order valence-electron chi connectivity index (χ2n) is 9.75. The Kier molecular flexibility index (Phi) is 5.70. The Labute approximate surface area is 229 Å². The van der Waals surface area contributed by atoms with E-state index in [1.807, 2.05) is 54.6 Å². The highest BCUT2D eigenvalue weighted by atomic mass is 35.5. The molecule has 4 aromatic rings. The number of barbiturate groups is 1. The Morgan fingerprint density at radius 3 is 2.00 bits per heavy atom. The van der Waals surface area contributed by atoms with Crippen molar-refractivity contribution in [2.75, 3.05) is 19.4 Å². The van der Waals surface area contributed by atoms with Crippen molar-refractivity contribution in [3.8, 4) is 0 Å². The van der Waals surface area contributed by atoms with Crippen LogP contribution < -0.4 is 5.32 Å². The lowest BCUT2D eigenvalue weighted by molar-refractivity contribution is -0.160. The molecule has 6 nitrogen and oxygen atoms in total. The first-order valence-corrected chi connectivity index (χ1v) is 12.9. The largest absolute Gasteiger partial charge is 0.376 e. The summed E-state index contributed by atoms with van der Waals surface area (Å²) in [5.41, 5.74) is 1.17. The molecule has 0 aromatic heterocycles. The van der Waals surface area contributed by atoms with Crippen LogP contribution in [0, 0.1) is 5.41 Å². The zero-order chi connectivity index (χ0) is 26.8. The summed E-state index contributed by atoms with van der Waals surface area (Å²) in [6.07, 6.45) is 0. The molecule has 0 aliphatic carbocycles. The van der Waals surface area contributed by atoms with Gasteiger partial charge < -0.3 is 5.32 Å². The maximum absolute atomic E-state index is 14.5. The molecular formula is C30H23Cl2N3O3. The number of amides is 4. The topological polar surface area (TPSA) is 69.7 Å². The summed E-state index contributed by atoms with van der Waals surface area (Å²) in [4.78, 5) is 44.1. The van der Waals surface area contributed by atoms with Crippen molar-refractivity contribution in [2.45, 2.75) is 12.0 Å². The van der Waals surface area contributed by atoms with E-state index in [0.29, 0.717) is 21.2 Å². The molecule has 2 aliphatic rings. The SMILES string of the molecule is CN1C(=O)N(C)C(=O)C2(C1=O)[C@H](c1cccc(Cl)c1)c1c(ccc3ccccc13)N[C@H]2c1cccc(Cl)c1. The number of nitrogens with zero attached hydrogens (tertiary/aromatic N) is 2. The van der Waals surface area contributed by atoms with Crippen molar-refractivity contribution in [1.29, 1.82) is 0 Å². The van der Waals surface area contributed by atoms with E-state index in [2.05, 4.69) is 5.32 Å². The molecule has 6 rings (SSSR count). The molecule has 0 saturated carbocycles. The van der Waals surface area contributed by atoms with Crippen LogP contribution in [0.3, 0.4) is 0 Å². The second-order valence-corrected chi connectivity index (χ2v) is 10.6. The smallest absolute Gasteiger partial charge is 0.332 e. The van der Waals surface area contributed by atoms with Crippen LogP contribution in [0.2, 0.25) is 10.0 Å². The van der Waals surface area contributed by atoms with Gasteiger partial charge in [0.2, 0.25) is 11.8 Å². The monoisotopic (exact) mass is 543 g/mol. The molecular weight excluding hydrogens is 521 g/mol. The fourth-order valence-corrected chi connectivity index (χ4v) is 6.48. The molecule has 38 heavy (non-hydrogen) atoms. The highest BCUT2D eigenvalue weighted by Crippen LogP contribution is 2.60. The van der Waals surface area contributed by atoms with E-state index in [-0.39, 0.29) is 0 Å². The molecule has 1 fully saturated rings. The molecule has 0 unspecified atom stereocenters. The number of hydrogen-bond acceptors (Lipinski definition) is 4. The van der Waals surface area contributed by atoms with E-state index in [0.717, 1.165) is 31.8 Å². The number of nitrogens with one attached hydrogen (secondary N) is 1. The number of urea groups is 1. The first kappa shape index (κ1) is 24.5. The molecule has 2 heterocycles. The van der Waals surface area contributed by atoms with Gasteiger partial charge in [-0.25, -0.2) is 4.79 Å². The van der Waals surface area contributed by atoms with Crippen LogP contribution in [0.15, 0.2) is 84.9 Å². The number of imide groups is 2. The summed E-state index contributed by atoms with van der Waals surface area (Å²) in [6.45, 7) is 0. The van der Waals surface area contributed by atoms with Crippen LogP contribution in [0.25, 0.3) is 10.8 Å². The average molecular weight is 544 g/mol. The Balaban J connectivity index is 1.78. The van der Waals surface area contributed by atoms with Gasteiger partial charge >= 0.3 is 6.03 Å². The van der Waals surface area contributed by atoms with Crippen LogP contribution in [-0.4, -0.2) is 41.7 Å². The molecule has 2 aliphatic heterocycles. The average Bonchev–Trinajstić information content (AvgIpc) is 2.93. The Hall–Kier alpha value is -3.87. The number of carbonyl (C=O) groups is 3. The zero-order valence-corrected chi connectivity index (χ0v) is 22.1. The second kappa shape index (κ2) is 8.86. The number of benzene rings is 4. The number of carbonyl (C=O) groups excluding carboxylic acids is 3. The Bertz CT molecular complexity index is 1630. The van der Waals surface area contributed by atoms with E-state index < -0.39 is 35.2 Å². The molecule has 1 spiro atoms. The van der Waals surface area contributed by atoms with Crippen molar-refractivity contribution in [3.63, 3.8) is 0 Å². The maximum atomic E-state index is 14.5. The molecule has 8 heteroatoms. The number of rotatable bonds is 2. The minimum atomic E-state index is -1.76. The first-order valence-electron chi connectivity index (χ1n) is 12.1. The van der Waals surface area contributed by atoms with Gasteiger partial charge in [-0.3, -0.25) is 19.4 Å². The van der Waals surface area contributed by atoms with Gasteiger partial charge in [0.25, 0.3) is 0 Å². The number of anilines is 1. The van der Waals surface area contributed by atoms with Crippen LogP contribution in [-0.2, 0) is 9.59 Å². The minimum Gasteiger partial charge on any atom is -0.376 e. The van der Waals surface area contributed by atoms with Crippen molar-refractivity contribution in [1.82, 2.24) is 9.80 Å². The molecule has 1 saturated heterocycles. The predicted octanol–water partition coefficient (Wildman–Crippen LogP) is 6.48. The third kappa shape index (κ3) is 3.37. The summed E-state index contributed by atoms with van der Waals surface area (Å²) in [5.74, 6) is -1.95. The third-order valence-electron chi connectivity index (χ3n) is 7.72. The van der Waals surface area contributed by atoms with Crippen LogP contribution in [0.4, 0.5) is 10.5 Å². The maximum Gasteiger partial charge on any atom is 0.332 e. The Morgan fingerprint density at radius 2 is 1.34 bits per heavy atom. The van der Waals surface area contributed by atoms with E-state index in [1.165, 1.54) is 14.1 Å². The standard InChI is InChI=1S/C30H23Cl2N3O3/c1-34-27(36)30(28(37)35(2)29(34)38)25(18-8-5-10-20(31)15-18)24-22-12-4-3-7-17(22)13-14-23(24)33-26(30)19-9-6-11-21(32)16-19/h3-16,25-26,33H,1-2H3/t25-,26+/m1/s1. The van der Waals surface area contributed by atoms with E-state index in [1.54, 1.807) is 30.3 Å². The molecule has 2 atom stereocenters. The normalized spacial score (nSPS) is 20.6. The summed E-state index contributed by atoms with van der Waals surface area (Å²) in [5, 5.41) is 6.33. The van der Waals surface area contributed by atoms with Gasteiger partial charge in [-0.05, 0) is 57.8 Å². The van der Waals surface area contributed by atoms with Crippen LogP contribution in [0.1, 0.15) is 28.7 Å². The molecule has 190 valence electrons. The molecule has 4 amide bonds. The van der Waals surface area contributed by atoms with Gasteiger partial charge in [0.15, 0.2) is 5.41 Å². The zero-order valence-electron chi connectivity index (χ0n) is 20.6. The van der Waals surface area contributed by atoms with Crippen LogP contribution in [0.5, 0.6) is 0 Å². The lowest BCUT2D eigenvalue weighted by Gasteiger charge is -2.53. The lowest BCUT2D eigenvalue weighted by atomic mass is 9.58. The van der Waals surface area contributed by atoms with Gasteiger partial charge in [-0.15, -0.1) is 0 Å². The quantitative estimate of drug-likeness (QED) is 0.293. The Morgan fingerprint density at radius 1 is 0.737 bits per heavy atom. The predicted molar refractivity (Wildman–Crippen MR) is 148 cm³/mol. The highest BCUT2D eigenvalue weighted by Gasteiger charge is 2.67. The summed E-state index contributed by atoms with van der Waals surface area (Å²) >= 11 is 12.9. The van der Waals surface area contributed by atoms with Crippen molar-refractivity contribution in [3.05, 3.63) is 112 Å². The van der Waals surface area contributed by atoms with E-state index >= 15 is 0 Å². The van der Waals surface area contributed by atoms with Gasteiger partial charge in [-0.2, -0.15) is 0 Å². The molecule has 1 N–H and O–H groups in total. The summed E-state index contributed by atoms with van der Waals surface area (Å²) in [7, 11) is 2.83. The number of fused-ring (bicyclic) bond motifs is 3. The van der Waals surface area contributed by atoms with Gasteiger partial charge in [0.1, 0.15) is 0 Å². The van der Waals surface area contributed by atoms with Gasteiger partial charge in [-0.1, -0.05) is 77.8 Å². The number of hydrogen-bond donors (Lipinski definition) is 1. The highest BCUT2D eigenvalue weighted by molar-refractivity contribution is 6.31. The number of halogens is 2. The van der Waals surface area contributed by atoms with Crippen molar-refractivity contribution < 1.29 is 14.4 Å². The first-order chi connectivity index (χ1) is 18.2. The fraction of sp³-hybridized carbons (Fsp3) is 0.167. The minimum absolute atomic E-state index is 0.469. The summed E-state index contributed by atoms with van der Waals surface area (Å²) in [6, 6.07) is 24.7. The molecule has 4 aromatic carbocycles.